The first-order valence-electron chi connectivity index (χ1n) is 8.49. The van der Waals surface area contributed by atoms with Gasteiger partial charge in [0.2, 0.25) is 0 Å². The predicted molar refractivity (Wildman–Crippen MR) is 95.4 cm³/mol. The van der Waals surface area contributed by atoms with Crippen LogP contribution in [0.25, 0.3) is 0 Å². The summed E-state index contributed by atoms with van der Waals surface area (Å²) in [6.07, 6.45) is 2.15. The van der Waals surface area contributed by atoms with E-state index in [1.165, 1.54) is 11.6 Å². The summed E-state index contributed by atoms with van der Waals surface area (Å²) in [5, 5.41) is 14.5. The second kappa shape index (κ2) is 8.80. The smallest absolute Gasteiger partial charge is 0.270 e. The van der Waals surface area contributed by atoms with Crippen molar-refractivity contribution in [3.8, 4) is 5.75 Å². The van der Waals surface area contributed by atoms with Crippen LogP contribution in [0.5, 0.6) is 5.75 Å². The molecule has 1 heterocycles. The van der Waals surface area contributed by atoms with E-state index < -0.39 is 0 Å². The van der Waals surface area contributed by atoms with Gasteiger partial charge in [0.15, 0.2) is 0 Å². The third kappa shape index (κ3) is 5.32. The van der Waals surface area contributed by atoms with Gasteiger partial charge in [-0.15, -0.1) is 0 Å². The maximum atomic E-state index is 11.0. The van der Waals surface area contributed by atoms with E-state index in [0.717, 1.165) is 43.8 Å². The van der Waals surface area contributed by atoms with Gasteiger partial charge in [-0.05, 0) is 45.8 Å². The lowest BCUT2D eigenvalue weighted by Gasteiger charge is -2.32. The van der Waals surface area contributed by atoms with Crippen molar-refractivity contribution in [3.63, 3.8) is 0 Å². The minimum atomic E-state index is -0.366. The van der Waals surface area contributed by atoms with Crippen LogP contribution in [0, 0.1) is 10.1 Å². The first kappa shape index (κ1) is 18.4. The fraction of sp³-hybridized carbons (Fsp3) is 0.556. The third-order valence-corrected chi connectivity index (χ3v) is 4.22. The van der Waals surface area contributed by atoms with Crippen LogP contribution in [0.3, 0.4) is 0 Å². The summed E-state index contributed by atoms with van der Waals surface area (Å²) < 4.78 is 5.59. The Morgan fingerprint density at radius 1 is 1.46 bits per heavy atom. The van der Waals surface area contributed by atoms with Gasteiger partial charge in [0, 0.05) is 36.8 Å². The van der Waals surface area contributed by atoms with Gasteiger partial charge < -0.3 is 10.1 Å². The number of benzene rings is 1. The van der Waals surface area contributed by atoms with Crippen LogP contribution in [0.1, 0.15) is 32.3 Å². The summed E-state index contributed by atoms with van der Waals surface area (Å²) in [5.74, 6) is 0.718. The number of piperidine rings is 1. The summed E-state index contributed by atoms with van der Waals surface area (Å²) >= 11 is 0. The van der Waals surface area contributed by atoms with E-state index in [1.807, 2.05) is 6.92 Å². The van der Waals surface area contributed by atoms with Crippen molar-refractivity contribution >= 4 is 5.69 Å². The van der Waals surface area contributed by atoms with Crippen molar-refractivity contribution in [3.05, 3.63) is 46.0 Å². The number of hydrogen-bond acceptors (Lipinski definition) is 5. The Hall–Kier alpha value is -1.92. The molecule has 1 N–H and O–H groups in total. The highest BCUT2D eigenvalue weighted by Crippen LogP contribution is 2.25. The van der Waals surface area contributed by atoms with Crippen LogP contribution in [0.15, 0.2) is 30.4 Å². The van der Waals surface area contributed by atoms with Gasteiger partial charge in [-0.25, -0.2) is 0 Å². The summed E-state index contributed by atoms with van der Waals surface area (Å²) in [4.78, 5) is 13.0. The van der Waals surface area contributed by atoms with Gasteiger partial charge in [-0.3, -0.25) is 15.0 Å². The van der Waals surface area contributed by atoms with E-state index in [4.69, 9.17) is 4.74 Å². The zero-order valence-electron chi connectivity index (χ0n) is 14.6. The van der Waals surface area contributed by atoms with Gasteiger partial charge in [-0.2, -0.15) is 0 Å². The molecular weight excluding hydrogens is 306 g/mol. The summed E-state index contributed by atoms with van der Waals surface area (Å²) in [5.41, 5.74) is 2.14. The Kier molecular flexibility index (Phi) is 6.75. The first-order valence-corrected chi connectivity index (χ1v) is 8.49. The lowest BCUT2D eigenvalue weighted by atomic mass is 10.0. The molecule has 1 aromatic rings. The van der Waals surface area contributed by atoms with Gasteiger partial charge in [-0.1, -0.05) is 12.2 Å². The SMILES string of the molecule is C=C(C)CN1CCC(NCc2cc([N+](=O)[O-])ccc2OCC)CC1. The highest BCUT2D eigenvalue weighted by atomic mass is 16.6. The molecule has 6 nitrogen and oxygen atoms in total. The Labute approximate surface area is 143 Å². The largest absolute Gasteiger partial charge is 0.494 e. The van der Waals surface area contributed by atoms with E-state index >= 15 is 0 Å². The summed E-state index contributed by atoms with van der Waals surface area (Å²) in [6, 6.07) is 5.22. The fourth-order valence-electron chi connectivity index (χ4n) is 3.05. The van der Waals surface area contributed by atoms with E-state index in [2.05, 4.69) is 23.7 Å². The number of ether oxygens (including phenoxy) is 1. The molecular formula is C18H27N3O3. The van der Waals surface area contributed by atoms with Crippen LogP contribution in [0.2, 0.25) is 0 Å². The number of rotatable bonds is 8. The van der Waals surface area contributed by atoms with Crippen LogP contribution in [-0.4, -0.2) is 42.1 Å². The van der Waals surface area contributed by atoms with Crippen LogP contribution in [-0.2, 0) is 6.54 Å². The Balaban J connectivity index is 1.92. The molecule has 0 spiro atoms. The quantitative estimate of drug-likeness (QED) is 0.450. The van der Waals surface area contributed by atoms with E-state index in [0.29, 0.717) is 19.2 Å². The van der Waals surface area contributed by atoms with Crippen molar-refractivity contribution < 1.29 is 9.66 Å². The molecule has 1 aromatic carbocycles. The normalized spacial score (nSPS) is 16.1. The highest BCUT2D eigenvalue weighted by Gasteiger charge is 2.19. The molecule has 1 aliphatic rings. The number of nitro benzene ring substituents is 1. The molecule has 0 bridgehead atoms. The van der Waals surface area contributed by atoms with Crippen molar-refractivity contribution in [1.29, 1.82) is 0 Å². The number of likely N-dealkylation sites (tertiary alicyclic amines) is 1. The molecule has 0 amide bonds. The van der Waals surface area contributed by atoms with E-state index in [1.54, 1.807) is 12.1 Å². The average Bonchev–Trinajstić information content (AvgIpc) is 2.54. The third-order valence-electron chi connectivity index (χ3n) is 4.22. The maximum absolute atomic E-state index is 11.0. The minimum Gasteiger partial charge on any atom is -0.494 e. The second-order valence-corrected chi connectivity index (χ2v) is 6.37. The highest BCUT2D eigenvalue weighted by molar-refractivity contribution is 5.43. The monoisotopic (exact) mass is 333 g/mol. The molecule has 1 aliphatic heterocycles. The second-order valence-electron chi connectivity index (χ2n) is 6.37. The Morgan fingerprint density at radius 3 is 2.75 bits per heavy atom. The van der Waals surface area contributed by atoms with Crippen molar-refractivity contribution in [2.75, 3.05) is 26.2 Å². The minimum absolute atomic E-state index is 0.103. The maximum Gasteiger partial charge on any atom is 0.270 e. The summed E-state index contributed by atoms with van der Waals surface area (Å²) in [6.45, 7) is 12.1. The molecule has 0 saturated carbocycles. The number of nitro groups is 1. The number of nitrogens with one attached hydrogen (secondary N) is 1. The van der Waals surface area contributed by atoms with Gasteiger partial charge in [0.25, 0.3) is 5.69 Å². The topological polar surface area (TPSA) is 67.6 Å². The number of hydrogen-bond donors (Lipinski definition) is 1. The van der Waals surface area contributed by atoms with Crippen LogP contribution < -0.4 is 10.1 Å². The van der Waals surface area contributed by atoms with Crippen LogP contribution >= 0.6 is 0 Å². The first-order chi connectivity index (χ1) is 11.5. The molecule has 1 fully saturated rings. The molecule has 0 aromatic heterocycles. The molecule has 24 heavy (non-hydrogen) atoms. The summed E-state index contributed by atoms with van der Waals surface area (Å²) in [7, 11) is 0. The molecule has 1 saturated heterocycles. The van der Waals surface area contributed by atoms with Gasteiger partial charge >= 0.3 is 0 Å². The lowest BCUT2D eigenvalue weighted by Crippen LogP contribution is -2.42. The number of nitrogens with zero attached hydrogens (tertiary/aromatic N) is 2. The lowest BCUT2D eigenvalue weighted by molar-refractivity contribution is -0.384. The standard InChI is InChI=1S/C18H27N3O3/c1-4-24-18-6-5-17(21(22)23)11-15(18)12-19-16-7-9-20(10-8-16)13-14(2)3/h5-6,11,16,19H,2,4,7-10,12-13H2,1,3H3. The molecule has 0 atom stereocenters. The van der Waals surface area contributed by atoms with Gasteiger partial charge in [0.05, 0.1) is 11.5 Å². The average molecular weight is 333 g/mol. The fourth-order valence-corrected chi connectivity index (χ4v) is 3.05. The number of non-ortho nitro benzene ring substituents is 1. The Bertz CT molecular complexity index is 581. The molecule has 6 heteroatoms. The molecule has 0 radical (unpaired) electrons. The zero-order chi connectivity index (χ0) is 17.5. The van der Waals surface area contributed by atoms with Crippen molar-refractivity contribution in [2.24, 2.45) is 0 Å². The molecule has 0 unspecified atom stereocenters. The van der Waals surface area contributed by atoms with E-state index in [9.17, 15) is 10.1 Å². The van der Waals surface area contributed by atoms with Crippen LogP contribution in [0.4, 0.5) is 5.69 Å². The molecule has 132 valence electrons. The Morgan fingerprint density at radius 2 is 2.17 bits per heavy atom. The van der Waals surface area contributed by atoms with Crippen molar-refractivity contribution in [2.45, 2.75) is 39.3 Å². The predicted octanol–water partition coefficient (Wildman–Crippen LogP) is 3.12. The van der Waals surface area contributed by atoms with Crippen molar-refractivity contribution in [1.82, 2.24) is 10.2 Å². The van der Waals surface area contributed by atoms with Gasteiger partial charge in [0.1, 0.15) is 5.75 Å². The van der Waals surface area contributed by atoms with E-state index in [-0.39, 0.29) is 10.6 Å². The zero-order valence-corrected chi connectivity index (χ0v) is 14.6. The molecule has 0 aliphatic carbocycles. The molecule has 2 rings (SSSR count).